The molecule has 0 spiro atoms. The van der Waals surface area contributed by atoms with Crippen molar-refractivity contribution < 1.29 is 9.59 Å². The van der Waals surface area contributed by atoms with Crippen LogP contribution in [0.5, 0.6) is 0 Å². The van der Waals surface area contributed by atoms with E-state index in [0.29, 0.717) is 11.8 Å². The van der Waals surface area contributed by atoms with Gasteiger partial charge in [-0.15, -0.1) is 0 Å². The lowest BCUT2D eigenvalue weighted by molar-refractivity contribution is -0.143. The lowest BCUT2D eigenvalue weighted by atomic mass is 9.85. The summed E-state index contributed by atoms with van der Waals surface area (Å²) in [4.78, 5) is 26.3. The van der Waals surface area contributed by atoms with Gasteiger partial charge in [-0.25, -0.2) is 0 Å². The molecule has 1 saturated heterocycles. The van der Waals surface area contributed by atoms with Gasteiger partial charge in [-0.05, 0) is 31.6 Å². The minimum atomic E-state index is -0.0307. The van der Waals surface area contributed by atoms with Crippen molar-refractivity contribution in [2.75, 3.05) is 0 Å². The van der Waals surface area contributed by atoms with E-state index < -0.39 is 0 Å². The highest BCUT2D eigenvalue weighted by molar-refractivity contribution is 6.06. The van der Waals surface area contributed by atoms with E-state index in [0.717, 1.165) is 19.3 Å². The molecule has 1 unspecified atom stereocenters. The molecule has 3 aliphatic rings. The highest BCUT2D eigenvalue weighted by Crippen LogP contribution is 2.52. The van der Waals surface area contributed by atoms with E-state index >= 15 is 0 Å². The quantitative estimate of drug-likeness (QED) is 0.552. The van der Waals surface area contributed by atoms with Gasteiger partial charge in [0.1, 0.15) is 0 Å². The van der Waals surface area contributed by atoms with Crippen LogP contribution in [0.1, 0.15) is 33.1 Å². The Morgan fingerprint density at radius 1 is 1.24 bits per heavy atom. The first-order valence-electron chi connectivity index (χ1n) is 6.70. The summed E-state index contributed by atoms with van der Waals surface area (Å²) < 4.78 is 0. The normalized spacial score (nSPS) is 40.2. The second-order valence-corrected chi connectivity index (χ2v) is 5.68. The van der Waals surface area contributed by atoms with Gasteiger partial charge in [0.15, 0.2) is 0 Å². The van der Waals surface area contributed by atoms with Crippen molar-refractivity contribution >= 4 is 11.8 Å². The molecule has 0 N–H and O–H groups in total. The van der Waals surface area contributed by atoms with E-state index in [1.807, 2.05) is 6.92 Å². The van der Waals surface area contributed by atoms with Crippen molar-refractivity contribution in [3.8, 4) is 0 Å². The Hall–Kier alpha value is -1.12. The smallest absolute Gasteiger partial charge is 0.233 e. The predicted molar refractivity (Wildman–Crippen MR) is 63.9 cm³/mol. The molecule has 3 rings (SSSR count). The Bertz CT molecular complexity index is 371. The number of nitrogens with zero attached hydrogens (tertiary/aromatic N) is 1. The van der Waals surface area contributed by atoms with Gasteiger partial charge in [-0.1, -0.05) is 25.5 Å². The summed E-state index contributed by atoms with van der Waals surface area (Å²) in [5.74, 6) is 0.796. The Labute approximate surface area is 102 Å². The molecule has 5 atom stereocenters. The molecule has 2 aliphatic carbocycles. The molecule has 0 aromatic carbocycles. The third kappa shape index (κ3) is 1.34. The molecule has 0 aromatic heterocycles. The SMILES string of the molecule is CCCC(C)N1C(=O)[C@@H]2[C@H](C1=O)[C@H]1C=C[C@@H]2C1. The average molecular weight is 233 g/mol. The highest BCUT2D eigenvalue weighted by atomic mass is 16.2. The molecule has 3 nitrogen and oxygen atoms in total. The van der Waals surface area contributed by atoms with E-state index in [4.69, 9.17) is 0 Å². The van der Waals surface area contributed by atoms with Gasteiger partial charge < -0.3 is 0 Å². The first kappa shape index (κ1) is 11.0. The number of rotatable bonds is 3. The summed E-state index contributed by atoms with van der Waals surface area (Å²) in [6, 6.07) is 0.0741. The Morgan fingerprint density at radius 3 is 2.24 bits per heavy atom. The first-order chi connectivity index (χ1) is 8.15. The van der Waals surface area contributed by atoms with Crippen LogP contribution in [0.2, 0.25) is 0 Å². The summed E-state index contributed by atoms with van der Waals surface area (Å²) in [7, 11) is 0. The van der Waals surface area contributed by atoms with Crippen LogP contribution in [0.4, 0.5) is 0 Å². The summed E-state index contributed by atoms with van der Waals surface area (Å²) in [6.45, 7) is 4.09. The van der Waals surface area contributed by atoms with Crippen molar-refractivity contribution in [1.82, 2.24) is 4.90 Å². The molecule has 2 bridgehead atoms. The zero-order valence-electron chi connectivity index (χ0n) is 10.4. The van der Waals surface area contributed by atoms with Crippen LogP contribution in [0.3, 0.4) is 0 Å². The largest absolute Gasteiger partial charge is 0.279 e. The lowest BCUT2D eigenvalue weighted by Gasteiger charge is -2.24. The summed E-state index contributed by atoms with van der Waals surface area (Å²) in [5, 5.41) is 0. The number of carbonyl (C=O) groups excluding carboxylic acids is 2. The second-order valence-electron chi connectivity index (χ2n) is 5.68. The van der Waals surface area contributed by atoms with Gasteiger partial charge in [-0.3, -0.25) is 14.5 Å². The second kappa shape index (κ2) is 3.69. The van der Waals surface area contributed by atoms with Crippen LogP contribution < -0.4 is 0 Å². The molecule has 0 aromatic rings. The van der Waals surface area contributed by atoms with E-state index in [1.165, 1.54) is 0 Å². The van der Waals surface area contributed by atoms with E-state index in [-0.39, 0.29) is 29.7 Å². The van der Waals surface area contributed by atoms with E-state index in [2.05, 4.69) is 19.1 Å². The van der Waals surface area contributed by atoms with Gasteiger partial charge in [0, 0.05) is 6.04 Å². The number of allylic oxidation sites excluding steroid dienone is 2. The van der Waals surface area contributed by atoms with Crippen molar-refractivity contribution in [1.29, 1.82) is 0 Å². The maximum absolute atomic E-state index is 12.4. The number of fused-ring (bicyclic) bond motifs is 5. The summed E-state index contributed by atoms with van der Waals surface area (Å²) in [5.41, 5.74) is 0. The Morgan fingerprint density at radius 2 is 1.76 bits per heavy atom. The van der Waals surface area contributed by atoms with Gasteiger partial charge >= 0.3 is 0 Å². The third-order valence-electron chi connectivity index (χ3n) is 4.65. The number of amides is 2. The maximum Gasteiger partial charge on any atom is 0.233 e. The topological polar surface area (TPSA) is 37.4 Å². The van der Waals surface area contributed by atoms with Crippen LogP contribution in [0, 0.1) is 23.7 Å². The lowest BCUT2D eigenvalue weighted by Crippen LogP contribution is -2.40. The standard InChI is InChI=1S/C14H19NO2/c1-3-4-8(2)15-13(16)11-9-5-6-10(7-9)12(11)14(15)17/h5-6,8-12H,3-4,7H2,1-2H3/t8?,9-,10+,11+,12-. The van der Waals surface area contributed by atoms with E-state index in [1.54, 1.807) is 4.90 Å². The summed E-state index contributed by atoms with van der Waals surface area (Å²) in [6.07, 6.45) is 7.23. The van der Waals surface area contributed by atoms with Crippen molar-refractivity contribution in [3.63, 3.8) is 0 Å². The number of hydrogen-bond donors (Lipinski definition) is 0. The van der Waals surface area contributed by atoms with Crippen LogP contribution in [0.15, 0.2) is 12.2 Å². The fourth-order valence-corrected chi connectivity index (χ4v) is 3.91. The molecule has 0 radical (unpaired) electrons. The molecular formula is C14H19NO2. The van der Waals surface area contributed by atoms with Gasteiger partial charge in [0.2, 0.25) is 11.8 Å². The van der Waals surface area contributed by atoms with Crippen LogP contribution in [-0.2, 0) is 9.59 Å². The zero-order valence-corrected chi connectivity index (χ0v) is 10.4. The molecule has 17 heavy (non-hydrogen) atoms. The van der Waals surface area contributed by atoms with E-state index in [9.17, 15) is 9.59 Å². The summed E-state index contributed by atoms with van der Waals surface area (Å²) >= 11 is 0. The number of hydrogen-bond acceptors (Lipinski definition) is 2. The number of likely N-dealkylation sites (tertiary alicyclic amines) is 1. The van der Waals surface area contributed by atoms with Crippen LogP contribution in [0.25, 0.3) is 0 Å². The molecule has 2 fully saturated rings. The maximum atomic E-state index is 12.4. The predicted octanol–water partition coefficient (Wildman–Crippen LogP) is 1.98. The minimum Gasteiger partial charge on any atom is -0.279 e. The fraction of sp³-hybridized carbons (Fsp3) is 0.714. The average Bonchev–Trinajstić information content (AvgIpc) is 2.93. The Kier molecular flexibility index (Phi) is 2.39. The van der Waals surface area contributed by atoms with Gasteiger partial charge in [-0.2, -0.15) is 0 Å². The molecule has 1 heterocycles. The van der Waals surface area contributed by atoms with Crippen molar-refractivity contribution in [2.24, 2.45) is 23.7 Å². The highest BCUT2D eigenvalue weighted by Gasteiger charge is 2.59. The third-order valence-corrected chi connectivity index (χ3v) is 4.65. The van der Waals surface area contributed by atoms with Crippen molar-refractivity contribution in [3.05, 3.63) is 12.2 Å². The van der Waals surface area contributed by atoms with Gasteiger partial charge in [0.25, 0.3) is 0 Å². The molecule has 1 saturated carbocycles. The number of carbonyl (C=O) groups is 2. The Balaban J connectivity index is 1.87. The van der Waals surface area contributed by atoms with Crippen LogP contribution in [-0.4, -0.2) is 22.8 Å². The fourth-order valence-electron chi connectivity index (χ4n) is 3.91. The molecule has 1 aliphatic heterocycles. The monoisotopic (exact) mass is 233 g/mol. The molecule has 3 heteroatoms. The van der Waals surface area contributed by atoms with Gasteiger partial charge in [0.05, 0.1) is 11.8 Å². The molecule has 92 valence electrons. The minimum absolute atomic E-state index is 0.0307. The first-order valence-corrected chi connectivity index (χ1v) is 6.70. The van der Waals surface area contributed by atoms with Crippen LogP contribution >= 0.6 is 0 Å². The van der Waals surface area contributed by atoms with Crippen molar-refractivity contribution in [2.45, 2.75) is 39.2 Å². The number of imide groups is 1. The zero-order chi connectivity index (χ0) is 12.2. The molecular weight excluding hydrogens is 214 g/mol. The molecule has 2 amide bonds.